The Labute approximate surface area is 136 Å². The largest absolute Gasteiger partial charge is 0.492 e. The van der Waals surface area contributed by atoms with Crippen molar-refractivity contribution in [3.63, 3.8) is 0 Å². The zero-order valence-electron chi connectivity index (χ0n) is 12.5. The molecule has 2 aliphatic rings. The van der Waals surface area contributed by atoms with Crippen LogP contribution in [0, 0.1) is 5.92 Å². The Balaban J connectivity index is 0.00000176. The van der Waals surface area contributed by atoms with Crippen molar-refractivity contribution in [2.24, 2.45) is 5.92 Å². The maximum Gasteiger partial charge on any atom is 0.274 e. The normalized spacial score (nSPS) is 21.6. The number of hydrogen-bond acceptors (Lipinski definition) is 5. The molecule has 1 saturated heterocycles. The molecule has 2 N–H and O–H groups in total. The number of carbonyl (C=O) groups is 1. The Kier molecular flexibility index (Phi) is 5.69. The minimum absolute atomic E-state index is 0. The second-order valence-electron chi connectivity index (χ2n) is 5.76. The fourth-order valence-corrected chi connectivity index (χ4v) is 2.68. The Bertz CT molecular complexity index is 536. The van der Waals surface area contributed by atoms with Gasteiger partial charge in [0.2, 0.25) is 0 Å². The van der Waals surface area contributed by atoms with Gasteiger partial charge in [-0.1, -0.05) is 6.07 Å². The number of carbonyl (C=O) groups excluding carboxylic acids is 1. The van der Waals surface area contributed by atoms with Gasteiger partial charge in [-0.2, -0.15) is 13.5 Å². The maximum atomic E-state index is 11.5. The van der Waals surface area contributed by atoms with Gasteiger partial charge in [-0.25, -0.2) is 5.48 Å². The third kappa shape index (κ3) is 3.55. The van der Waals surface area contributed by atoms with E-state index < -0.39 is 5.91 Å². The maximum absolute atomic E-state index is 11.5. The molecule has 22 heavy (non-hydrogen) atoms. The number of nitrogens with one attached hydrogen (secondary N) is 1. The van der Waals surface area contributed by atoms with Crippen LogP contribution in [0.5, 0.6) is 5.75 Å². The van der Waals surface area contributed by atoms with Crippen LogP contribution in [0.4, 0.5) is 0 Å². The smallest absolute Gasteiger partial charge is 0.274 e. The molecule has 1 fully saturated rings. The van der Waals surface area contributed by atoms with Gasteiger partial charge >= 0.3 is 0 Å². The van der Waals surface area contributed by atoms with Crippen molar-refractivity contribution in [1.82, 2.24) is 10.4 Å². The molecular weight excluding hydrogens is 304 g/mol. The highest BCUT2D eigenvalue weighted by molar-refractivity contribution is 7.59. The van der Waals surface area contributed by atoms with E-state index in [1.54, 1.807) is 17.6 Å². The second kappa shape index (κ2) is 7.32. The molecule has 0 spiro atoms. The number of nitrogens with zero attached hydrogens (tertiary/aromatic N) is 1. The fraction of sp³-hybridized carbons (Fsp3) is 0.533. The average molecular weight is 326 g/mol. The molecule has 0 aliphatic carbocycles. The number of hydrogen-bond donors (Lipinski definition) is 2. The van der Waals surface area contributed by atoms with Crippen molar-refractivity contribution < 1.29 is 19.5 Å². The number of benzene rings is 1. The van der Waals surface area contributed by atoms with E-state index >= 15 is 0 Å². The van der Waals surface area contributed by atoms with Gasteiger partial charge in [-0.3, -0.25) is 14.9 Å². The van der Waals surface area contributed by atoms with Gasteiger partial charge in [0.1, 0.15) is 12.4 Å². The summed E-state index contributed by atoms with van der Waals surface area (Å²) >= 11 is 0. The minimum Gasteiger partial charge on any atom is -0.492 e. The summed E-state index contributed by atoms with van der Waals surface area (Å²) in [7, 11) is 0. The number of rotatable bonds is 3. The summed E-state index contributed by atoms with van der Waals surface area (Å²) < 4.78 is 11.1. The average Bonchev–Trinajstić information content (AvgIpc) is 2.61. The monoisotopic (exact) mass is 326 g/mol. The molecule has 0 unspecified atom stereocenters. The zero-order valence-corrected chi connectivity index (χ0v) is 13.5. The lowest BCUT2D eigenvalue weighted by molar-refractivity contribution is -0.0529. The predicted molar refractivity (Wildman–Crippen MR) is 85.8 cm³/mol. The van der Waals surface area contributed by atoms with Gasteiger partial charge in [0, 0.05) is 36.2 Å². The van der Waals surface area contributed by atoms with Crippen LogP contribution < -0.4 is 10.2 Å². The molecule has 2 heterocycles. The van der Waals surface area contributed by atoms with Gasteiger partial charge in [0.05, 0.1) is 13.2 Å². The minimum atomic E-state index is -0.526. The first-order chi connectivity index (χ1) is 10.2. The third-order valence-electron chi connectivity index (χ3n) is 4.11. The third-order valence-corrected chi connectivity index (χ3v) is 4.11. The first-order valence-electron chi connectivity index (χ1n) is 7.19. The van der Waals surface area contributed by atoms with Crippen LogP contribution in [-0.4, -0.2) is 48.4 Å². The van der Waals surface area contributed by atoms with E-state index in [4.69, 9.17) is 14.7 Å². The zero-order chi connectivity index (χ0) is 14.8. The van der Waals surface area contributed by atoms with E-state index in [0.29, 0.717) is 24.1 Å². The van der Waals surface area contributed by atoms with Crippen LogP contribution in [0.1, 0.15) is 22.8 Å². The van der Waals surface area contributed by atoms with E-state index in [9.17, 15) is 4.79 Å². The lowest BCUT2D eigenvalue weighted by atomic mass is 10.1. The molecular formula is C15H22N2O4S. The lowest BCUT2D eigenvalue weighted by Gasteiger charge is -2.34. The molecule has 1 aromatic carbocycles. The summed E-state index contributed by atoms with van der Waals surface area (Å²) in [5, 5.41) is 8.70. The molecule has 6 nitrogen and oxygen atoms in total. The number of ether oxygens (including phenoxy) is 2. The first-order valence-corrected chi connectivity index (χ1v) is 7.19. The molecule has 0 saturated carbocycles. The summed E-state index contributed by atoms with van der Waals surface area (Å²) in [6.07, 6.45) is 0. The van der Waals surface area contributed by atoms with E-state index in [-0.39, 0.29) is 13.5 Å². The molecule has 0 bridgehead atoms. The SMILES string of the molecule is C[C@H]1COc2cc(C(=O)NO)ccc2CN1CC1COC1.S. The van der Waals surface area contributed by atoms with E-state index in [1.165, 1.54) is 0 Å². The van der Waals surface area contributed by atoms with Crippen molar-refractivity contribution in [3.8, 4) is 5.75 Å². The first kappa shape index (κ1) is 17.1. The van der Waals surface area contributed by atoms with Crippen LogP contribution in [-0.2, 0) is 11.3 Å². The van der Waals surface area contributed by atoms with Crippen molar-refractivity contribution in [3.05, 3.63) is 29.3 Å². The van der Waals surface area contributed by atoms with Gasteiger partial charge in [0.25, 0.3) is 5.91 Å². The molecule has 1 aromatic rings. The van der Waals surface area contributed by atoms with E-state index in [2.05, 4.69) is 11.8 Å². The summed E-state index contributed by atoms with van der Waals surface area (Å²) in [6, 6.07) is 5.59. The van der Waals surface area contributed by atoms with E-state index in [1.807, 2.05) is 6.07 Å². The van der Waals surface area contributed by atoms with Crippen LogP contribution in [0.25, 0.3) is 0 Å². The molecule has 2 aliphatic heterocycles. The molecule has 0 radical (unpaired) electrons. The lowest BCUT2D eigenvalue weighted by Crippen LogP contribution is -2.43. The fourth-order valence-electron chi connectivity index (χ4n) is 2.68. The van der Waals surface area contributed by atoms with Gasteiger partial charge < -0.3 is 9.47 Å². The second-order valence-corrected chi connectivity index (χ2v) is 5.76. The highest BCUT2D eigenvalue weighted by atomic mass is 32.1. The van der Waals surface area contributed by atoms with Gasteiger partial charge in [0.15, 0.2) is 0 Å². The standard InChI is InChI=1S/C15H20N2O4.H2S/c1-10-7-21-14-4-12(15(18)16-19)2-3-13(14)6-17(10)5-11-8-20-9-11;/h2-4,10-11,19H,5-9H2,1H3,(H,16,18);1H2/t10-;/m0./s1. The van der Waals surface area contributed by atoms with Crippen molar-refractivity contribution >= 4 is 19.4 Å². The molecule has 3 rings (SSSR count). The summed E-state index contributed by atoms with van der Waals surface area (Å²) in [6.45, 7) is 6.22. The Morgan fingerprint density at radius 2 is 2.18 bits per heavy atom. The van der Waals surface area contributed by atoms with E-state index in [0.717, 1.165) is 37.6 Å². The van der Waals surface area contributed by atoms with Crippen molar-refractivity contribution in [2.45, 2.75) is 19.5 Å². The number of amides is 1. The topological polar surface area (TPSA) is 71.0 Å². The van der Waals surface area contributed by atoms with Gasteiger partial charge in [-0.05, 0) is 19.1 Å². The Hall–Kier alpha value is -1.28. The van der Waals surface area contributed by atoms with Crippen LogP contribution >= 0.6 is 13.5 Å². The summed E-state index contributed by atoms with van der Waals surface area (Å²) in [4.78, 5) is 13.9. The molecule has 1 atom stereocenters. The molecule has 0 aromatic heterocycles. The highest BCUT2D eigenvalue weighted by Crippen LogP contribution is 2.27. The molecule has 122 valence electrons. The Morgan fingerprint density at radius 1 is 1.41 bits per heavy atom. The quantitative estimate of drug-likeness (QED) is 0.644. The number of hydroxylamine groups is 1. The van der Waals surface area contributed by atoms with Crippen LogP contribution in [0.15, 0.2) is 18.2 Å². The summed E-state index contributed by atoms with van der Waals surface area (Å²) in [5.41, 5.74) is 3.10. The molecule has 1 amide bonds. The molecule has 7 heteroatoms. The predicted octanol–water partition coefficient (Wildman–Crippen LogP) is 1.15. The number of fused-ring (bicyclic) bond motifs is 1. The van der Waals surface area contributed by atoms with Crippen LogP contribution in [0.2, 0.25) is 0 Å². The van der Waals surface area contributed by atoms with Crippen molar-refractivity contribution in [2.75, 3.05) is 26.4 Å². The van der Waals surface area contributed by atoms with Gasteiger partial charge in [-0.15, -0.1) is 0 Å². The Morgan fingerprint density at radius 3 is 2.82 bits per heavy atom. The summed E-state index contributed by atoms with van der Waals surface area (Å²) in [5.74, 6) is 0.797. The van der Waals surface area contributed by atoms with Crippen molar-refractivity contribution in [1.29, 1.82) is 0 Å². The highest BCUT2D eigenvalue weighted by Gasteiger charge is 2.27. The van der Waals surface area contributed by atoms with Crippen LogP contribution in [0.3, 0.4) is 0 Å².